The van der Waals surface area contributed by atoms with Crippen molar-refractivity contribution in [2.75, 3.05) is 33.7 Å². The first-order valence-corrected chi connectivity index (χ1v) is 9.95. The van der Waals surface area contributed by atoms with E-state index in [9.17, 15) is 4.79 Å². The van der Waals surface area contributed by atoms with Crippen LogP contribution in [-0.4, -0.2) is 61.4 Å². The van der Waals surface area contributed by atoms with Gasteiger partial charge in [0.05, 0.1) is 0 Å². The molecule has 1 aromatic rings. The number of nitrogens with zero attached hydrogens (tertiary/aromatic N) is 3. The van der Waals surface area contributed by atoms with Gasteiger partial charge in [0.2, 0.25) is 5.91 Å². The Bertz CT molecular complexity index is 643. The third-order valence-electron chi connectivity index (χ3n) is 5.00. The number of rotatable bonds is 7. The van der Waals surface area contributed by atoms with Crippen LogP contribution in [0.2, 0.25) is 0 Å². The summed E-state index contributed by atoms with van der Waals surface area (Å²) in [5.41, 5.74) is 2.56. The van der Waals surface area contributed by atoms with Gasteiger partial charge in [-0.2, -0.15) is 0 Å². The van der Waals surface area contributed by atoms with Crippen LogP contribution < -0.4 is 10.6 Å². The Hall–Kier alpha value is -2.08. The van der Waals surface area contributed by atoms with Crippen LogP contribution in [0.15, 0.2) is 29.3 Å². The summed E-state index contributed by atoms with van der Waals surface area (Å²) in [6.45, 7) is 10.4. The van der Waals surface area contributed by atoms with E-state index < -0.39 is 0 Å². The summed E-state index contributed by atoms with van der Waals surface area (Å²) in [5.74, 6) is 1.08. The van der Waals surface area contributed by atoms with Gasteiger partial charge in [-0.3, -0.25) is 9.79 Å². The molecule has 2 N–H and O–H groups in total. The van der Waals surface area contributed by atoms with Crippen molar-refractivity contribution in [2.45, 2.75) is 46.3 Å². The largest absolute Gasteiger partial charge is 0.352 e. The van der Waals surface area contributed by atoms with Gasteiger partial charge in [-0.15, -0.1) is 0 Å². The van der Waals surface area contributed by atoms with Crippen LogP contribution in [0.1, 0.15) is 38.3 Å². The second kappa shape index (κ2) is 10.3. The zero-order valence-electron chi connectivity index (χ0n) is 17.5. The lowest BCUT2D eigenvalue weighted by atomic mass is 10.1. The zero-order valence-corrected chi connectivity index (χ0v) is 17.5. The lowest BCUT2D eigenvalue weighted by Gasteiger charge is -2.20. The number of nitrogens with one attached hydrogen (secondary N) is 2. The number of hydrogen-bond donors (Lipinski definition) is 2. The lowest BCUT2D eigenvalue weighted by Crippen LogP contribution is -2.45. The molecule has 0 aliphatic carbocycles. The first kappa shape index (κ1) is 21.2. The van der Waals surface area contributed by atoms with Crippen LogP contribution >= 0.6 is 0 Å². The number of benzene rings is 1. The van der Waals surface area contributed by atoms with E-state index in [1.807, 2.05) is 18.7 Å². The van der Waals surface area contributed by atoms with Gasteiger partial charge in [0.15, 0.2) is 5.96 Å². The van der Waals surface area contributed by atoms with E-state index in [4.69, 9.17) is 0 Å². The van der Waals surface area contributed by atoms with Gasteiger partial charge in [0, 0.05) is 45.2 Å². The Morgan fingerprint density at radius 3 is 2.78 bits per heavy atom. The highest BCUT2D eigenvalue weighted by atomic mass is 16.2. The van der Waals surface area contributed by atoms with Gasteiger partial charge < -0.3 is 20.4 Å². The minimum absolute atomic E-state index is 0.0558. The molecular formula is C21H35N5O. The fourth-order valence-corrected chi connectivity index (χ4v) is 3.28. The average molecular weight is 374 g/mol. The maximum atomic E-state index is 12.1. The Morgan fingerprint density at radius 1 is 1.37 bits per heavy atom. The van der Waals surface area contributed by atoms with Crippen molar-refractivity contribution in [1.82, 2.24) is 20.4 Å². The summed E-state index contributed by atoms with van der Waals surface area (Å²) in [7, 11) is 3.92. The number of carbonyl (C=O) groups is 1. The molecule has 1 aliphatic heterocycles. The zero-order chi connectivity index (χ0) is 19.8. The van der Waals surface area contributed by atoms with Gasteiger partial charge >= 0.3 is 0 Å². The molecule has 1 amide bonds. The smallest absolute Gasteiger partial charge is 0.225 e. The van der Waals surface area contributed by atoms with Crippen molar-refractivity contribution < 1.29 is 4.79 Å². The minimum atomic E-state index is 0.0558. The molecule has 0 bridgehead atoms. The van der Waals surface area contributed by atoms with Crippen LogP contribution in [0, 0.1) is 5.92 Å². The second-order valence-electron chi connectivity index (χ2n) is 7.65. The highest BCUT2D eigenvalue weighted by Crippen LogP contribution is 2.13. The first-order chi connectivity index (χ1) is 12.9. The average Bonchev–Trinajstić information content (AvgIpc) is 3.13. The predicted octanol–water partition coefficient (Wildman–Crippen LogP) is 2.06. The van der Waals surface area contributed by atoms with Crippen molar-refractivity contribution >= 4 is 11.9 Å². The van der Waals surface area contributed by atoms with Crippen LogP contribution in [0.25, 0.3) is 0 Å². The van der Waals surface area contributed by atoms with Crippen LogP contribution in [0.5, 0.6) is 0 Å². The minimum Gasteiger partial charge on any atom is -0.352 e. The molecule has 1 aromatic carbocycles. The normalized spacial score (nSPS) is 17.7. The SMILES string of the molecule is CCN(C)Cc1cccc(CNC(=NC)NC2CCN(C(=O)C(C)C)C2)c1. The van der Waals surface area contributed by atoms with Crippen molar-refractivity contribution in [3.8, 4) is 0 Å². The van der Waals surface area contributed by atoms with Crippen LogP contribution in [-0.2, 0) is 17.9 Å². The molecule has 1 aliphatic rings. The molecule has 2 rings (SSSR count). The van der Waals surface area contributed by atoms with Crippen molar-refractivity contribution in [2.24, 2.45) is 10.9 Å². The summed E-state index contributed by atoms with van der Waals surface area (Å²) >= 11 is 0. The van der Waals surface area contributed by atoms with Crippen LogP contribution in [0.4, 0.5) is 0 Å². The van der Waals surface area contributed by atoms with E-state index in [-0.39, 0.29) is 17.9 Å². The molecule has 6 nitrogen and oxygen atoms in total. The summed E-state index contributed by atoms with van der Waals surface area (Å²) in [6, 6.07) is 8.91. The Morgan fingerprint density at radius 2 is 2.11 bits per heavy atom. The highest BCUT2D eigenvalue weighted by molar-refractivity contribution is 5.81. The molecule has 1 atom stereocenters. The molecule has 1 saturated heterocycles. The van der Waals surface area contributed by atoms with Gasteiger partial charge in [0.25, 0.3) is 0 Å². The van der Waals surface area contributed by atoms with Crippen molar-refractivity contribution in [1.29, 1.82) is 0 Å². The fraction of sp³-hybridized carbons (Fsp3) is 0.619. The molecule has 27 heavy (non-hydrogen) atoms. The van der Waals surface area contributed by atoms with Crippen molar-refractivity contribution in [3.05, 3.63) is 35.4 Å². The molecule has 1 fully saturated rings. The van der Waals surface area contributed by atoms with E-state index in [1.54, 1.807) is 7.05 Å². The van der Waals surface area contributed by atoms with Crippen molar-refractivity contribution in [3.63, 3.8) is 0 Å². The van der Waals surface area contributed by atoms with E-state index >= 15 is 0 Å². The van der Waals surface area contributed by atoms with E-state index in [0.29, 0.717) is 0 Å². The molecule has 6 heteroatoms. The Labute approximate surface area is 164 Å². The number of aliphatic imine (C=N–C) groups is 1. The maximum absolute atomic E-state index is 12.1. The Balaban J connectivity index is 1.84. The van der Waals surface area contributed by atoms with Crippen LogP contribution in [0.3, 0.4) is 0 Å². The van der Waals surface area contributed by atoms with E-state index in [0.717, 1.165) is 45.1 Å². The Kier molecular flexibility index (Phi) is 8.10. The number of guanidine groups is 1. The third-order valence-corrected chi connectivity index (χ3v) is 5.00. The van der Waals surface area contributed by atoms with Gasteiger partial charge in [-0.1, -0.05) is 45.0 Å². The first-order valence-electron chi connectivity index (χ1n) is 9.95. The molecule has 0 spiro atoms. The highest BCUT2D eigenvalue weighted by Gasteiger charge is 2.27. The molecular weight excluding hydrogens is 338 g/mol. The molecule has 0 radical (unpaired) electrons. The quantitative estimate of drug-likeness (QED) is 0.567. The second-order valence-corrected chi connectivity index (χ2v) is 7.65. The van der Waals surface area contributed by atoms with E-state index in [2.05, 4.69) is 58.8 Å². The monoisotopic (exact) mass is 373 g/mol. The standard InChI is InChI=1S/C21H35N5O/c1-6-25(5)14-18-9-7-8-17(12-18)13-23-21(22-4)24-19-10-11-26(15-19)20(27)16(2)3/h7-9,12,16,19H,6,10-11,13-15H2,1-5H3,(H2,22,23,24). The molecule has 150 valence electrons. The van der Waals surface area contributed by atoms with E-state index in [1.165, 1.54) is 11.1 Å². The predicted molar refractivity (Wildman–Crippen MR) is 112 cm³/mol. The fourth-order valence-electron chi connectivity index (χ4n) is 3.28. The topological polar surface area (TPSA) is 60.0 Å². The van der Waals surface area contributed by atoms with Gasteiger partial charge in [0.1, 0.15) is 0 Å². The summed E-state index contributed by atoms with van der Waals surface area (Å²) in [4.78, 5) is 20.7. The number of carbonyl (C=O) groups excluding carboxylic acids is 1. The number of hydrogen-bond acceptors (Lipinski definition) is 3. The summed E-state index contributed by atoms with van der Waals surface area (Å²) in [5, 5.41) is 6.85. The summed E-state index contributed by atoms with van der Waals surface area (Å²) < 4.78 is 0. The summed E-state index contributed by atoms with van der Waals surface area (Å²) in [6.07, 6.45) is 0.956. The van der Waals surface area contributed by atoms with Gasteiger partial charge in [-0.25, -0.2) is 0 Å². The number of likely N-dealkylation sites (tertiary alicyclic amines) is 1. The molecule has 1 unspecified atom stereocenters. The lowest BCUT2D eigenvalue weighted by molar-refractivity contribution is -0.133. The molecule has 0 saturated carbocycles. The third kappa shape index (κ3) is 6.54. The maximum Gasteiger partial charge on any atom is 0.225 e. The number of amides is 1. The van der Waals surface area contributed by atoms with Gasteiger partial charge in [-0.05, 0) is 31.1 Å². The molecule has 0 aromatic heterocycles. The molecule has 1 heterocycles.